The van der Waals surface area contributed by atoms with Gasteiger partial charge < -0.3 is 15.5 Å². The lowest BCUT2D eigenvalue weighted by molar-refractivity contribution is -0.141. The molecule has 3 rings (SSSR count). The van der Waals surface area contributed by atoms with Crippen molar-refractivity contribution in [3.05, 3.63) is 62.4 Å². The van der Waals surface area contributed by atoms with Crippen LogP contribution in [-0.2, 0) is 29.5 Å². The van der Waals surface area contributed by atoms with Crippen LogP contribution in [0.1, 0.15) is 29.8 Å². The maximum absolute atomic E-state index is 12.6. The second-order valence-corrected chi connectivity index (χ2v) is 7.53. The van der Waals surface area contributed by atoms with E-state index in [0.29, 0.717) is 0 Å². The SMILES string of the molecule is CC(C)Cn1c(N)c(C(=O)COC(=O)Cc2c[nH]c3ccccc23)c(=O)n(C)c1=O. The van der Waals surface area contributed by atoms with Crippen molar-refractivity contribution in [3.63, 3.8) is 0 Å². The molecule has 1 aromatic carbocycles. The number of benzene rings is 1. The van der Waals surface area contributed by atoms with E-state index in [1.165, 1.54) is 11.6 Å². The normalized spacial score (nSPS) is 11.2. The molecule has 0 unspecified atom stereocenters. The van der Waals surface area contributed by atoms with E-state index in [1.807, 2.05) is 38.1 Å². The minimum atomic E-state index is -0.810. The summed E-state index contributed by atoms with van der Waals surface area (Å²) in [5.74, 6) is -1.51. The number of ether oxygens (including phenoxy) is 1. The molecule has 0 amide bonds. The van der Waals surface area contributed by atoms with Crippen LogP contribution in [0.4, 0.5) is 5.82 Å². The number of esters is 1. The molecule has 2 heterocycles. The van der Waals surface area contributed by atoms with Gasteiger partial charge in [-0.05, 0) is 17.5 Å². The summed E-state index contributed by atoms with van der Waals surface area (Å²) in [6.07, 6.45) is 1.68. The van der Waals surface area contributed by atoms with Crippen LogP contribution in [0, 0.1) is 5.92 Å². The summed E-state index contributed by atoms with van der Waals surface area (Å²) in [6.45, 7) is 3.37. The number of fused-ring (bicyclic) bond motifs is 1. The standard InChI is InChI=1S/C21H24N4O5/c1-12(2)10-25-19(22)18(20(28)24(3)21(25)29)16(26)11-30-17(27)8-13-9-23-15-7-5-4-6-14(13)15/h4-7,9,12,23H,8,10-11,22H2,1-3H3. The fraction of sp³-hybridized carbons (Fsp3) is 0.333. The number of rotatable bonds is 7. The van der Waals surface area contributed by atoms with E-state index in [-0.39, 0.29) is 30.3 Å². The number of carbonyl (C=O) groups excluding carboxylic acids is 2. The van der Waals surface area contributed by atoms with Gasteiger partial charge in [0.15, 0.2) is 6.61 Å². The van der Waals surface area contributed by atoms with Gasteiger partial charge in [-0.25, -0.2) is 4.79 Å². The van der Waals surface area contributed by atoms with Crippen LogP contribution in [0.15, 0.2) is 40.1 Å². The molecule has 0 radical (unpaired) electrons. The average molecular weight is 412 g/mol. The van der Waals surface area contributed by atoms with Crippen LogP contribution in [0.2, 0.25) is 0 Å². The summed E-state index contributed by atoms with van der Waals surface area (Å²) in [4.78, 5) is 52.7. The molecule has 3 aromatic rings. The molecule has 0 bridgehead atoms. The smallest absolute Gasteiger partial charge is 0.332 e. The first kappa shape index (κ1) is 21.1. The summed E-state index contributed by atoms with van der Waals surface area (Å²) >= 11 is 0. The zero-order valence-electron chi connectivity index (χ0n) is 17.1. The highest BCUT2D eigenvalue weighted by Gasteiger charge is 2.23. The van der Waals surface area contributed by atoms with Crippen molar-refractivity contribution < 1.29 is 14.3 Å². The number of ketones is 1. The molecule has 2 aromatic heterocycles. The highest BCUT2D eigenvalue weighted by molar-refractivity contribution is 6.01. The molecule has 9 nitrogen and oxygen atoms in total. The van der Waals surface area contributed by atoms with E-state index >= 15 is 0 Å². The quantitative estimate of drug-likeness (QED) is 0.444. The van der Waals surface area contributed by atoms with Gasteiger partial charge in [-0.1, -0.05) is 32.0 Å². The first-order chi connectivity index (χ1) is 14.2. The third-order valence-electron chi connectivity index (χ3n) is 4.78. The van der Waals surface area contributed by atoms with Gasteiger partial charge in [-0.15, -0.1) is 0 Å². The van der Waals surface area contributed by atoms with Gasteiger partial charge in [0.25, 0.3) is 5.56 Å². The number of nitrogens with zero attached hydrogens (tertiary/aromatic N) is 2. The van der Waals surface area contributed by atoms with Crippen molar-refractivity contribution in [1.29, 1.82) is 0 Å². The van der Waals surface area contributed by atoms with E-state index in [1.54, 1.807) is 6.20 Å². The molecular formula is C21H24N4O5. The Morgan fingerprint density at radius 3 is 2.60 bits per heavy atom. The predicted molar refractivity (Wildman–Crippen MR) is 112 cm³/mol. The number of aromatic nitrogens is 3. The van der Waals surface area contributed by atoms with Crippen LogP contribution in [0.3, 0.4) is 0 Å². The lowest BCUT2D eigenvalue weighted by Crippen LogP contribution is -2.43. The van der Waals surface area contributed by atoms with E-state index in [9.17, 15) is 19.2 Å². The van der Waals surface area contributed by atoms with Crippen LogP contribution in [-0.4, -0.2) is 32.5 Å². The fourth-order valence-corrected chi connectivity index (χ4v) is 3.29. The number of nitrogen functional groups attached to an aromatic ring is 1. The van der Waals surface area contributed by atoms with E-state index in [0.717, 1.165) is 21.0 Å². The summed E-state index contributed by atoms with van der Waals surface area (Å²) in [6, 6.07) is 7.50. The third-order valence-corrected chi connectivity index (χ3v) is 4.78. The number of nitrogens with one attached hydrogen (secondary N) is 1. The Morgan fingerprint density at radius 1 is 1.20 bits per heavy atom. The zero-order valence-corrected chi connectivity index (χ0v) is 17.1. The number of hydrogen-bond donors (Lipinski definition) is 2. The van der Waals surface area contributed by atoms with Crippen LogP contribution >= 0.6 is 0 Å². The largest absolute Gasteiger partial charge is 0.457 e. The lowest BCUT2D eigenvalue weighted by atomic mass is 10.1. The molecule has 0 aliphatic heterocycles. The molecule has 0 aliphatic rings. The van der Waals surface area contributed by atoms with Crippen molar-refractivity contribution in [1.82, 2.24) is 14.1 Å². The number of para-hydroxylation sites is 1. The second-order valence-electron chi connectivity index (χ2n) is 7.53. The Bertz CT molecular complexity index is 1230. The Kier molecular flexibility index (Phi) is 5.91. The van der Waals surface area contributed by atoms with Gasteiger partial charge in [-0.2, -0.15) is 0 Å². The Labute approximate surface area is 172 Å². The van der Waals surface area contributed by atoms with Crippen molar-refractivity contribution in [2.45, 2.75) is 26.8 Å². The van der Waals surface area contributed by atoms with E-state index < -0.39 is 29.6 Å². The van der Waals surface area contributed by atoms with Crippen molar-refractivity contribution >= 4 is 28.5 Å². The summed E-state index contributed by atoms with van der Waals surface area (Å²) in [5, 5.41) is 0.889. The van der Waals surface area contributed by atoms with Crippen molar-refractivity contribution in [2.75, 3.05) is 12.3 Å². The monoisotopic (exact) mass is 412 g/mol. The van der Waals surface area contributed by atoms with Gasteiger partial charge >= 0.3 is 11.7 Å². The van der Waals surface area contributed by atoms with Crippen molar-refractivity contribution in [3.8, 4) is 0 Å². The molecule has 0 saturated heterocycles. The second kappa shape index (κ2) is 8.40. The highest BCUT2D eigenvalue weighted by atomic mass is 16.5. The molecule has 9 heteroatoms. The van der Waals surface area contributed by atoms with E-state index in [2.05, 4.69) is 4.98 Å². The Hall–Kier alpha value is -3.62. The molecule has 0 aliphatic carbocycles. The number of carbonyl (C=O) groups is 2. The minimum absolute atomic E-state index is 0.0301. The maximum atomic E-state index is 12.6. The molecule has 30 heavy (non-hydrogen) atoms. The van der Waals surface area contributed by atoms with Gasteiger partial charge in [-0.3, -0.25) is 23.5 Å². The molecule has 0 fully saturated rings. The molecule has 0 spiro atoms. The molecule has 158 valence electrons. The number of hydrogen-bond acceptors (Lipinski definition) is 6. The average Bonchev–Trinajstić information content (AvgIpc) is 3.11. The summed E-state index contributed by atoms with van der Waals surface area (Å²) < 4.78 is 7.11. The van der Waals surface area contributed by atoms with Gasteiger partial charge in [0, 0.05) is 30.7 Å². The first-order valence-electron chi connectivity index (χ1n) is 9.53. The van der Waals surface area contributed by atoms with Crippen LogP contribution in [0.25, 0.3) is 10.9 Å². The van der Waals surface area contributed by atoms with Gasteiger partial charge in [0.2, 0.25) is 5.78 Å². The Balaban J connectivity index is 1.77. The number of Topliss-reactive ketones (excluding diaryl/α,β-unsaturated/α-hetero) is 1. The van der Waals surface area contributed by atoms with E-state index in [4.69, 9.17) is 10.5 Å². The molecule has 0 atom stereocenters. The summed E-state index contributed by atoms with van der Waals surface area (Å²) in [5.41, 5.74) is 5.84. The number of H-pyrrole nitrogens is 1. The third kappa shape index (κ3) is 4.05. The van der Waals surface area contributed by atoms with Crippen LogP contribution < -0.4 is 17.0 Å². The number of aromatic amines is 1. The predicted octanol–water partition coefficient (Wildman–Crippen LogP) is 1.24. The van der Waals surface area contributed by atoms with Gasteiger partial charge in [0.05, 0.1) is 6.42 Å². The maximum Gasteiger partial charge on any atom is 0.332 e. The fourth-order valence-electron chi connectivity index (χ4n) is 3.29. The highest BCUT2D eigenvalue weighted by Crippen LogP contribution is 2.18. The Morgan fingerprint density at radius 2 is 1.90 bits per heavy atom. The molecule has 0 saturated carbocycles. The van der Waals surface area contributed by atoms with Gasteiger partial charge in [0.1, 0.15) is 11.4 Å². The number of anilines is 1. The lowest BCUT2D eigenvalue weighted by Gasteiger charge is -2.16. The topological polar surface area (TPSA) is 129 Å². The van der Waals surface area contributed by atoms with Crippen LogP contribution in [0.5, 0.6) is 0 Å². The number of nitrogens with two attached hydrogens (primary N) is 1. The summed E-state index contributed by atoms with van der Waals surface area (Å²) in [7, 11) is 1.28. The minimum Gasteiger partial charge on any atom is -0.457 e. The molecule has 3 N–H and O–H groups in total. The van der Waals surface area contributed by atoms with Crippen molar-refractivity contribution in [2.24, 2.45) is 13.0 Å². The zero-order chi connectivity index (χ0) is 22.0. The molecular weight excluding hydrogens is 388 g/mol. The first-order valence-corrected chi connectivity index (χ1v) is 9.53.